The third kappa shape index (κ3) is 3.19. The molecule has 2 unspecified atom stereocenters. The van der Waals surface area contributed by atoms with Gasteiger partial charge in [-0.05, 0) is 43.2 Å². The molecule has 1 N–H and O–H groups in total. The van der Waals surface area contributed by atoms with Crippen LogP contribution in [0.3, 0.4) is 0 Å². The van der Waals surface area contributed by atoms with Crippen molar-refractivity contribution in [3.8, 4) is 11.5 Å². The zero-order valence-electron chi connectivity index (χ0n) is 12.4. The standard InChI is InChI=1S/C18H20O3/c1-12-6-7-18-15(8-12)10-17(21-18)11-20-16-5-3-4-14(9-16)13(2)19/h3-9,13,17,19H,10-11H2,1-2H3. The van der Waals surface area contributed by atoms with E-state index >= 15 is 0 Å². The van der Waals surface area contributed by atoms with Gasteiger partial charge in [0.2, 0.25) is 0 Å². The first-order valence-corrected chi connectivity index (χ1v) is 7.29. The third-order valence-electron chi connectivity index (χ3n) is 3.73. The Bertz CT molecular complexity index is 634. The minimum Gasteiger partial charge on any atom is -0.490 e. The molecule has 0 fully saturated rings. The molecule has 1 heterocycles. The fraction of sp³-hybridized carbons (Fsp3) is 0.333. The van der Waals surface area contributed by atoms with Crippen molar-refractivity contribution < 1.29 is 14.6 Å². The van der Waals surface area contributed by atoms with Crippen LogP contribution in [0.15, 0.2) is 42.5 Å². The molecule has 2 aromatic carbocycles. The van der Waals surface area contributed by atoms with Gasteiger partial charge in [0, 0.05) is 6.42 Å². The zero-order valence-corrected chi connectivity index (χ0v) is 12.4. The largest absolute Gasteiger partial charge is 0.490 e. The predicted molar refractivity (Wildman–Crippen MR) is 81.9 cm³/mol. The lowest BCUT2D eigenvalue weighted by molar-refractivity contribution is 0.148. The van der Waals surface area contributed by atoms with Crippen molar-refractivity contribution in [1.29, 1.82) is 0 Å². The highest BCUT2D eigenvalue weighted by molar-refractivity contribution is 5.40. The average Bonchev–Trinajstić information content (AvgIpc) is 2.87. The van der Waals surface area contributed by atoms with Crippen molar-refractivity contribution >= 4 is 0 Å². The normalized spacial score (nSPS) is 18.0. The molecule has 0 saturated carbocycles. The van der Waals surface area contributed by atoms with E-state index in [0.29, 0.717) is 6.61 Å². The number of fused-ring (bicyclic) bond motifs is 1. The van der Waals surface area contributed by atoms with Crippen LogP contribution in [0.5, 0.6) is 11.5 Å². The van der Waals surface area contributed by atoms with Gasteiger partial charge in [0.25, 0.3) is 0 Å². The minimum absolute atomic E-state index is 0.0528. The summed E-state index contributed by atoms with van der Waals surface area (Å²) in [5, 5.41) is 9.59. The number of aliphatic hydroxyl groups excluding tert-OH is 1. The van der Waals surface area contributed by atoms with Crippen LogP contribution in [0, 0.1) is 6.92 Å². The van der Waals surface area contributed by atoms with Gasteiger partial charge < -0.3 is 14.6 Å². The van der Waals surface area contributed by atoms with E-state index in [9.17, 15) is 5.11 Å². The van der Waals surface area contributed by atoms with Crippen LogP contribution in [-0.2, 0) is 6.42 Å². The van der Waals surface area contributed by atoms with Gasteiger partial charge >= 0.3 is 0 Å². The Kier molecular flexibility index (Phi) is 3.84. The Labute approximate surface area is 125 Å². The average molecular weight is 284 g/mol. The van der Waals surface area contributed by atoms with Crippen LogP contribution < -0.4 is 9.47 Å². The van der Waals surface area contributed by atoms with Crippen molar-refractivity contribution in [2.24, 2.45) is 0 Å². The molecule has 2 atom stereocenters. The van der Waals surface area contributed by atoms with Gasteiger partial charge in [0.1, 0.15) is 24.2 Å². The van der Waals surface area contributed by atoms with Crippen molar-refractivity contribution in [1.82, 2.24) is 0 Å². The first-order chi connectivity index (χ1) is 10.1. The molecule has 0 spiro atoms. The molecular weight excluding hydrogens is 264 g/mol. The van der Waals surface area contributed by atoms with E-state index in [4.69, 9.17) is 9.47 Å². The summed E-state index contributed by atoms with van der Waals surface area (Å²) in [6, 6.07) is 13.8. The highest BCUT2D eigenvalue weighted by atomic mass is 16.5. The molecule has 3 heteroatoms. The van der Waals surface area contributed by atoms with Gasteiger partial charge in [-0.3, -0.25) is 0 Å². The van der Waals surface area contributed by atoms with Crippen LogP contribution in [0.25, 0.3) is 0 Å². The molecule has 1 aliphatic heterocycles. The molecule has 21 heavy (non-hydrogen) atoms. The second-order valence-corrected chi connectivity index (χ2v) is 5.61. The summed E-state index contributed by atoms with van der Waals surface area (Å²) < 4.78 is 11.7. The highest BCUT2D eigenvalue weighted by Crippen LogP contribution is 2.30. The van der Waals surface area contributed by atoms with Crippen LogP contribution >= 0.6 is 0 Å². The Morgan fingerprint density at radius 1 is 1.29 bits per heavy atom. The van der Waals surface area contributed by atoms with E-state index in [1.165, 1.54) is 11.1 Å². The van der Waals surface area contributed by atoms with Gasteiger partial charge in [-0.2, -0.15) is 0 Å². The van der Waals surface area contributed by atoms with E-state index in [1.807, 2.05) is 30.3 Å². The topological polar surface area (TPSA) is 38.7 Å². The Morgan fingerprint density at radius 2 is 2.14 bits per heavy atom. The number of hydrogen-bond acceptors (Lipinski definition) is 3. The molecule has 110 valence electrons. The number of rotatable bonds is 4. The summed E-state index contributed by atoms with van der Waals surface area (Å²) in [6.07, 6.45) is 0.452. The SMILES string of the molecule is Cc1ccc2c(c1)CC(COc1cccc(C(C)O)c1)O2. The third-order valence-corrected chi connectivity index (χ3v) is 3.73. The van der Waals surface area contributed by atoms with E-state index in [-0.39, 0.29) is 6.10 Å². The maximum Gasteiger partial charge on any atom is 0.137 e. The van der Waals surface area contributed by atoms with Gasteiger partial charge in [-0.1, -0.05) is 29.8 Å². The molecule has 3 nitrogen and oxygen atoms in total. The summed E-state index contributed by atoms with van der Waals surface area (Å²) in [4.78, 5) is 0. The molecule has 0 amide bonds. The van der Waals surface area contributed by atoms with E-state index in [1.54, 1.807) is 6.92 Å². The summed E-state index contributed by atoms with van der Waals surface area (Å²) in [6.45, 7) is 4.35. The molecule has 1 aliphatic rings. The van der Waals surface area contributed by atoms with E-state index in [0.717, 1.165) is 23.5 Å². The number of benzene rings is 2. The molecule has 0 saturated heterocycles. The number of aliphatic hydroxyl groups is 1. The second kappa shape index (κ2) is 5.78. The minimum atomic E-state index is -0.483. The first-order valence-electron chi connectivity index (χ1n) is 7.29. The van der Waals surface area contributed by atoms with Crippen molar-refractivity contribution in [3.05, 3.63) is 59.2 Å². The van der Waals surface area contributed by atoms with Crippen LogP contribution in [0.4, 0.5) is 0 Å². The lowest BCUT2D eigenvalue weighted by atomic mass is 10.1. The second-order valence-electron chi connectivity index (χ2n) is 5.61. The summed E-state index contributed by atoms with van der Waals surface area (Å²) in [5.74, 6) is 1.73. The molecule has 2 aromatic rings. The van der Waals surface area contributed by atoms with Gasteiger partial charge in [-0.25, -0.2) is 0 Å². The molecule has 0 bridgehead atoms. The monoisotopic (exact) mass is 284 g/mol. The fourth-order valence-corrected chi connectivity index (χ4v) is 2.60. The molecule has 0 aliphatic carbocycles. The zero-order chi connectivity index (χ0) is 14.8. The lowest BCUT2D eigenvalue weighted by Gasteiger charge is -2.13. The smallest absolute Gasteiger partial charge is 0.137 e. The van der Waals surface area contributed by atoms with E-state index < -0.39 is 6.10 Å². The van der Waals surface area contributed by atoms with Crippen LogP contribution in [0.1, 0.15) is 29.7 Å². The number of ether oxygens (including phenoxy) is 2. The van der Waals surface area contributed by atoms with Gasteiger partial charge in [0.15, 0.2) is 0 Å². The first kappa shape index (κ1) is 14.0. The Balaban J connectivity index is 1.61. The maximum atomic E-state index is 9.59. The van der Waals surface area contributed by atoms with Crippen LogP contribution in [-0.4, -0.2) is 17.8 Å². The van der Waals surface area contributed by atoms with Crippen molar-refractivity contribution in [2.75, 3.05) is 6.61 Å². The van der Waals surface area contributed by atoms with Crippen LogP contribution in [0.2, 0.25) is 0 Å². The van der Waals surface area contributed by atoms with E-state index in [2.05, 4.69) is 19.1 Å². The lowest BCUT2D eigenvalue weighted by Crippen LogP contribution is -2.22. The number of aryl methyl sites for hydroxylation is 1. The molecule has 0 aromatic heterocycles. The Hall–Kier alpha value is -2.00. The van der Waals surface area contributed by atoms with Gasteiger partial charge in [-0.15, -0.1) is 0 Å². The summed E-state index contributed by atoms with van der Waals surface area (Å²) >= 11 is 0. The van der Waals surface area contributed by atoms with Crippen molar-refractivity contribution in [3.63, 3.8) is 0 Å². The molecule has 0 radical (unpaired) electrons. The van der Waals surface area contributed by atoms with Gasteiger partial charge in [0.05, 0.1) is 6.10 Å². The molecular formula is C18H20O3. The van der Waals surface area contributed by atoms with Crippen molar-refractivity contribution in [2.45, 2.75) is 32.5 Å². The summed E-state index contributed by atoms with van der Waals surface area (Å²) in [7, 11) is 0. The maximum absolute atomic E-state index is 9.59. The number of hydrogen-bond donors (Lipinski definition) is 1. The Morgan fingerprint density at radius 3 is 2.95 bits per heavy atom. The highest BCUT2D eigenvalue weighted by Gasteiger charge is 2.23. The quantitative estimate of drug-likeness (QED) is 0.935. The fourth-order valence-electron chi connectivity index (χ4n) is 2.60. The summed E-state index contributed by atoms with van der Waals surface area (Å²) in [5.41, 5.74) is 3.36. The predicted octanol–water partition coefficient (Wildman–Crippen LogP) is 3.43. The molecule has 3 rings (SSSR count).